The highest BCUT2D eigenvalue weighted by molar-refractivity contribution is 5.99. The maximum Gasteiger partial charge on any atom is 0.305 e. The Labute approximate surface area is 312 Å². The second kappa shape index (κ2) is 20.0. The number of hydrogen-bond acceptors (Lipinski definition) is 7. The molecule has 1 atom stereocenters. The Morgan fingerprint density at radius 2 is 1.42 bits per heavy atom. The Bertz CT molecular complexity index is 1780. The molecular weight excluding hydrogens is 668 g/mol. The van der Waals surface area contributed by atoms with Gasteiger partial charge >= 0.3 is 5.97 Å². The zero-order valence-electron chi connectivity index (χ0n) is 31.3. The molecule has 10 nitrogen and oxygen atoms in total. The molecule has 4 rings (SSSR count). The van der Waals surface area contributed by atoms with Gasteiger partial charge in [0.05, 0.1) is 19.6 Å². The van der Waals surface area contributed by atoms with E-state index in [4.69, 9.17) is 9.84 Å². The number of aromatic nitrogens is 2. The van der Waals surface area contributed by atoms with Gasteiger partial charge in [-0.2, -0.15) is 0 Å². The number of nitrogens with zero attached hydrogens (tertiary/aromatic N) is 2. The first-order chi connectivity index (χ1) is 25.4. The summed E-state index contributed by atoms with van der Waals surface area (Å²) in [4.78, 5) is 58.9. The number of carbonyl (C=O) groups excluding carboxylic acids is 3. The third-order valence-electron chi connectivity index (χ3n) is 9.01. The molecule has 0 fully saturated rings. The summed E-state index contributed by atoms with van der Waals surface area (Å²) in [6.45, 7) is 8.85. The Morgan fingerprint density at radius 3 is 2.04 bits per heavy atom. The summed E-state index contributed by atoms with van der Waals surface area (Å²) in [5, 5.41) is 13.9. The Balaban J connectivity index is 1.39. The molecule has 10 heteroatoms. The van der Waals surface area contributed by atoms with Crippen LogP contribution in [-0.4, -0.2) is 58.3 Å². The summed E-state index contributed by atoms with van der Waals surface area (Å²) in [5.74, 6) is -1.51. The predicted octanol–water partition coefficient (Wildman–Crippen LogP) is 7.60. The second-order valence-corrected chi connectivity index (χ2v) is 14.3. The number of carbonyl (C=O) groups is 4. The lowest BCUT2D eigenvalue weighted by atomic mass is 9.85. The first-order valence-electron chi connectivity index (χ1n) is 18.5. The number of amides is 2. The van der Waals surface area contributed by atoms with Crippen molar-refractivity contribution in [1.82, 2.24) is 20.6 Å². The zero-order chi connectivity index (χ0) is 38.2. The van der Waals surface area contributed by atoms with Crippen molar-refractivity contribution >= 4 is 23.6 Å². The van der Waals surface area contributed by atoms with Gasteiger partial charge in [0.15, 0.2) is 11.6 Å². The first kappa shape index (κ1) is 40.4. The highest BCUT2D eigenvalue weighted by atomic mass is 16.5. The Morgan fingerprint density at radius 1 is 0.774 bits per heavy atom. The van der Waals surface area contributed by atoms with Gasteiger partial charge in [-0.1, -0.05) is 114 Å². The number of ether oxygens (including phenoxy) is 1. The molecule has 0 radical (unpaired) electrons. The molecule has 0 saturated heterocycles. The van der Waals surface area contributed by atoms with E-state index in [0.29, 0.717) is 18.0 Å². The summed E-state index contributed by atoms with van der Waals surface area (Å²) >= 11 is 0. The highest BCUT2D eigenvalue weighted by Gasteiger charge is 2.24. The van der Waals surface area contributed by atoms with Gasteiger partial charge in [0.2, 0.25) is 11.8 Å². The number of carboxylic acid groups (broad SMARTS) is 1. The van der Waals surface area contributed by atoms with Crippen LogP contribution in [0.3, 0.4) is 0 Å². The molecule has 0 unspecified atom stereocenters. The molecule has 0 bridgehead atoms. The number of rotatable bonds is 20. The van der Waals surface area contributed by atoms with Gasteiger partial charge in [-0.05, 0) is 47.1 Å². The molecular formula is C43H52N4O6. The first-order valence-corrected chi connectivity index (χ1v) is 18.5. The van der Waals surface area contributed by atoms with Crippen molar-refractivity contribution in [2.75, 3.05) is 19.7 Å². The average Bonchev–Trinajstić information content (AvgIpc) is 3.15. The molecule has 53 heavy (non-hydrogen) atoms. The van der Waals surface area contributed by atoms with Gasteiger partial charge in [0, 0.05) is 48.0 Å². The predicted molar refractivity (Wildman–Crippen MR) is 207 cm³/mol. The molecule has 4 aromatic rings. The SMILES string of the molecule is CCCCCCCOc1ccc(-c2cnc(-c3ccc(C[C@H](CC(=O)c4ccc(C(C)(C)C)cc4)C(=O)NCC(=O)NCCC(=O)O)cc3)nc2)cc1. The fraction of sp³-hybridized carbons (Fsp3) is 0.395. The number of benzene rings is 3. The van der Waals surface area contributed by atoms with Gasteiger partial charge in [-0.3, -0.25) is 19.2 Å². The smallest absolute Gasteiger partial charge is 0.305 e. The molecule has 1 aromatic heterocycles. The summed E-state index contributed by atoms with van der Waals surface area (Å²) < 4.78 is 5.89. The average molecular weight is 721 g/mol. The fourth-order valence-corrected chi connectivity index (χ4v) is 5.78. The number of hydrogen-bond donors (Lipinski definition) is 3. The van der Waals surface area contributed by atoms with Crippen LogP contribution in [0.25, 0.3) is 22.5 Å². The summed E-state index contributed by atoms with van der Waals surface area (Å²) in [6.07, 6.45) is 9.55. The molecule has 1 heterocycles. The molecule has 0 saturated carbocycles. The van der Waals surface area contributed by atoms with Crippen LogP contribution in [0.5, 0.6) is 5.75 Å². The van der Waals surface area contributed by atoms with Crippen molar-refractivity contribution in [3.8, 4) is 28.3 Å². The highest BCUT2D eigenvalue weighted by Crippen LogP contribution is 2.26. The van der Waals surface area contributed by atoms with Crippen LogP contribution in [0.1, 0.15) is 94.1 Å². The number of unbranched alkanes of at least 4 members (excludes halogenated alkanes) is 4. The monoisotopic (exact) mass is 720 g/mol. The van der Waals surface area contributed by atoms with E-state index >= 15 is 0 Å². The third-order valence-corrected chi connectivity index (χ3v) is 9.01. The van der Waals surface area contributed by atoms with Crippen molar-refractivity contribution in [3.63, 3.8) is 0 Å². The van der Waals surface area contributed by atoms with Crippen LogP contribution in [0, 0.1) is 5.92 Å². The van der Waals surface area contributed by atoms with Crippen LogP contribution in [0.15, 0.2) is 85.2 Å². The summed E-state index contributed by atoms with van der Waals surface area (Å²) in [7, 11) is 0. The maximum atomic E-state index is 13.4. The topological polar surface area (TPSA) is 148 Å². The van der Waals surface area contributed by atoms with Crippen LogP contribution < -0.4 is 15.4 Å². The lowest BCUT2D eigenvalue weighted by Crippen LogP contribution is -2.41. The van der Waals surface area contributed by atoms with Crippen LogP contribution in [-0.2, 0) is 26.2 Å². The van der Waals surface area contributed by atoms with E-state index in [-0.39, 0.29) is 43.6 Å². The van der Waals surface area contributed by atoms with Crippen LogP contribution in [0.4, 0.5) is 0 Å². The minimum Gasteiger partial charge on any atom is -0.494 e. The number of nitrogens with one attached hydrogen (secondary N) is 2. The van der Waals surface area contributed by atoms with E-state index in [9.17, 15) is 19.2 Å². The third kappa shape index (κ3) is 13.3. The van der Waals surface area contributed by atoms with E-state index in [2.05, 4.69) is 48.3 Å². The minimum absolute atomic E-state index is 0.0445. The second-order valence-electron chi connectivity index (χ2n) is 14.3. The van der Waals surface area contributed by atoms with E-state index in [1.54, 1.807) is 24.5 Å². The molecule has 3 aromatic carbocycles. The van der Waals surface area contributed by atoms with E-state index in [1.807, 2.05) is 60.7 Å². The number of carboxylic acids is 1. The van der Waals surface area contributed by atoms with Crippen molar-refractivity contribution < 1.29 is 29.0 Å². The summed E-state index contributed by atoms with van der Waals surface area (Å²) in [5.41, 5.74) is 5.05. The maximum absolute atomic E-state index is 13.4. The van der Waals surface area contributed by atoms with Gasteiger partial charge in [-0.15, -0.1) is 0 Å². The standard InChI is InChI=1S/C43H52N4O6/c1-5-6-7-8-9-24-53-37-20-16-31(17-21-37)35-27-45-41(46-28-35)33-12-10-30(11-13-33)25-34(42(52)47-29-39(49)44-23-22-40(50)51)26-38(48)32-14-18-36(19-15-32)43(2,3)4/h10-21,27-28,34H,5-9,22-26,29H2,1-4H3,(H,44,49)(H,47,52)(H,50,51)/t34-/m1/s1. The fourth-order valence-electron chi connectivity index (χ4n) is 5.78. The van der Waals surface area contributed by atoms with Gasteiger partial charge < -0.3 is 20.5 Å². The Hall–Kier alpha value is -5.38. The lowest BCUT2D eigenvalue weighted by molar-refractivity contribution is -0.137. The van der Waals surface area contributed by atoms with Crippen LogP contribution >= 0.6 is 0 Å². The normalized spacial score (nSPS) is 11.8. The molecule has 0 aliphatic heterocycles. The zero-order valence-corrected chi connectivity index (χ0v) is 31.3. The van der Waals surface area contributed by atoms with Crippen molar-refractivity contribution in [3.05, 3.63) is 102 Å². The quantitative estimate of drug-likeness (QED) is 0.0625. The molecule has 0 aliphatic carbocycles. The number of ketones is 1. The van der Waals surface area contributed by atoms with Gasteiger partial charge in [-0.25, -0.2) is 9.97 Å². The molecule has 3 N–H and O–H groups in total. The summed E-state index contributed by atoms with van der Waals surface area (Å²) in [6, 6.07) is 22.9. The van der Waals surface area contributed by atoms with Crippen molar-refractivity contribution in [1.29, 1.82) is 0 Å². The van der Waals surface area contributed by atoms with Gasteiger partial charge in [0.1, 0.15) is 5.75 Å². The molecule has 280 valence electrons. The number of Topliss-reactive ketones (excluding diaryl/α,β-unsaturated/α-hetero) is 1. The van der Waals surface area contributed by atoms with E-state index in [1.165, 1.54) is 25.7 Å². The van der Waals surface area contributed by atoms with E-state index in [0.717, 1.165) is 40.0 Å². The van der Waals surface area contributed by atoms with Crippen molar-refractivity contribution in [2.24, 2.45) is 5.92 Å². The Kier molecular flexibility index (Phi) is 15.3. The van der Waals surface area contributed by atoms with Crippen LogP contribution in [0.2, 0.25) is 0 Å². The number of aliphatic carboxylic acids is 1. The largest absolute Gasteiger partial charge is 0.494 e. The van der Waals surface area contributed by atoms with E-state index < -0.39 is 23.7 Å². The molecule has 2 amide bonds. The molecule has 0 aliphatic rings. The lowest BCUT2D eigenvalue weighted by Gasteiger charge is -2.19. The van der Waals surface area contributed by atoms with Gasteiger partial charge in [0.25, 0.3) is 0 Å². The minimum atomic E-state index is -1.03. The van der Waals surface area contributed by atoms with Crippen molar-refractivity contribution in [2.45, 2.75) is 84.5 Å². The molecule has 0 spiro atoms.